The summed E-state index contributed by atoms with van der Waals surface area (Å²) in [6.07, 6.45) is 5.24. The molecule has 1 saturated heterocycles. The van der Waals surface area contributed by atoms with Crippen LogP contribution in [0.5, 0.6) is 5.75 Å². The van der Waals surface area contributed by atoms with E-state index in [1.165, 1.54) is 0 Å². The molecule has 132 valence electrons. The average molecular weight is 350 g/mol. The van der Waals surface area contributed by atoms with Gasteiger partial charge in [-0.05, 0) is 51.5 Å². The van der Waals surface area contributed by atoms with Crippen LogP contribution in [0.2, 0.25) is 0 Å². The van der Waals surface area contributed by atoms with E-state index in [9.17, 15) is 9.59 Å². The van der Waals surface area contributed by atoms with E-state index in [4.69, 9.17) is 20.3 Å². The molecule has 3 rings (SSSR count). The molecule has 0 saturated carbocycles. The van der Waals surface area contributed by atoms with Gasteiger partial charge < -0.3 is 13.9 Å². The number of fused-ring (bicyclic) bond motifs is 1. The maximum absolute atomic E-state index is 12.3. The average Bonchev–Trinajstić information content (AvgIpc) is 3.06. The van der Waals surface area contributed by atoms with Gasteiger partial charge in [-0.1, -0.05) is 11.5 Å². The summed E-state index contributed by atoms with van der Waals surface area (Å²) in [5.41, 5.74) is 3.33. The Morgan fingerprint density at radius 3 is 2.50 bits per heavy atom. The van der Waals surface area contributed by atoms with Crippen LogP contribution in [0.25, 0.3) is 16.5 Å². The molecule has 5 heteroatoms. The molecule has 0 spiro atoms. The molecule has 1 fully saturated rings. The zero-order chi connectivity index (χ0) is 19.0. The SMILES string of the molecule is C#CCOc1ccc2oc(C)c(/C(C)=C3/C(=O)OC(=O)C3=C(C)C)c2c1. The zero-order valence-electron chi connectivity index (χ0n) is 15.1. The second-order valence-corrected chi connectivity index (χ2v) is 6.24. The van der Waals surface area contributed by atoms with Crippen molar-refractivity contribution in [3.8, 4) is 18.1 Å². The van der Waals surface area contributed by atoms with Crippen molar-refractivity contribution in [2.45, 2.75) is 27.7 Å². The molecule has 2 heterocycles. The highest BCUT2D eigenvalue weighted by Crippen LogP contribution is 2.38. The van der Waals surface area contributed by atoms with Gasteiger partial charge in [-0.15, -0.1) is 6.42 Å². The van der Waals surface area contributed by atoms with E-state index in [1.54, 1.807) is 32.9 Å². The third-order valence-electron chi connectivity index (χ3n) is 4.25. The van der Waals surface area contributed by atoms with Crippen LogP contribution in [0.1, 0.15) is 32.1 Å². The topological polar surface area (TPSA) is 65.7 Å². The Balaban J connectivity index is 2.25. The third kappa shape index (κ3) is 2.80. The Kier molecular flexibility index (Phi) is 4.43. The Bertz CT molecular complexity index is 1040. The van der Waals surface area contributed by atoms with Gasteiger partial charge >= 0.3 is 11.9 Å². The second-order valence-electron chi connectivity index (χ2n) is 6.24. The highest BCUT2D eigenvalue weighted by Gasteiger charge is 2.37. The molecule has 0 radical (unpaired) electrons. The highest BCUT2D eigenvalue weighted by molar-refractivity contribution is 6.22. The summed E-state index contributed by atoms with van der Waals surface area (Å²) in [5, 5.41) is 0.780. The van der Waals surface area contributed by atoms with Gasteiger partial charge in [0.05, 0.1) is 11.1 Å². The molecule has 1 aliphatic heterocycles. The van der Waals surface area contributed by atoms with Crippen molar-refractivity contribution in [2.75, 3.05) is 6.61 Å². The second kappa shape index (κ2) is 6.57. The molecule has 2 aromatic rings. The Morgan fingerprint density at radius 2 is 1.85 bits per heavy atom. The maximum atomic E-state index is 12.3. The Morgan fingerprint density at radius 1 is 1.15 bits per heavy atom. The fourth-order valence-electron chi connectivity index (χ4n) is 3.19. The first-order chi connectivity index (χ1) is 12.3. The number of carbonyl (C=O) groups excluding carboxylic acids is 2. The maximum Gasteiger partial charge on any atom is 0.347 e. The van der Waals surface area contributed by atoms with E-state index >= 15 is 0 Å². The summed E-state index contributed by atoms with van der Waals surface area (Å²) in [5.74, 6) is 2.40. The summed E-state index contributed by atoms with van der Waals surface area (Å²) in [7, 11) is 0. The molecule has 0 bridgehead atoms. The number of terminal acetylenes is 1. The summed E-state index contributed by atoms with van der Waals surface area (Å²) >= 11 is 0. The highest BCUT2D eigenvalue weighted by atomic mass is 16.6. The molecule has 5 nitrogen and oxygen atoms in total. The number of hydrogen-bond acceptors (Lipinski definition) is 5. The van der Waals surface area contributed by atoms with Crippen molar-refractivity contribution in [1.29, 1.82) is 0 Å². The van der Waals surface area contributed by atoms with E-state index in [0.29, 0.717) is 28.2 Å². The monoisotopic (exact) mass is 350 g/mol. The van der Waals surface area contributed by atoms with Crippen molar-refractivity contribution in [2.24, 2.45) is 0 Å². The first kappa shape index (κ1) is 17.6. The van der Waals surface area contributed by atoms with E-state index in [2.05, 4.69) is 5.92 Å². The Labute approximate surface area is 151 Å². The summed E-state index contributed by atoms with van der Waals surface area (Å²) in [6, 6.07) is 5.37. The fraction of sp³-hybridized carbons (Fsp3) is 0.238. The van der Waals surface area contributed by atoms with E-state index in [-0.39, 0.29) is 12.2 Å². The lowest BCUT2D eigenvalue weighted by atomic mass is 9.93. The van der Waals surface area contributed by atoms with Crippen LogP contribution in [-0.2, 0) is 14.3 Å². The number of furan rings is 1. The van der Waals surface area contributed by atoms with Crippen LogP contribution in [0.15, 0.2) is 39.3 Å². The van der Waals surface area contributed by atoms with Crippen molar-refractivity contribution < 1.29 is 23.5 Å². The molecular formula is C21H18O5. The number of benzene rings is 1. The summed E-state index contributed by atoms with van der Waals surface area (Å²) in [4.78, 5) is 24.3. The molecular weight excluding hydrogens is 332 g/mol. The number of ether oxygens (including phenoxy) is 2. The number of aryl methyl sites for hydroxylation is 1. The number of hydrogen-bond donors (Lipinski definition) is 0. The van der Waals surface area contributed by atoms with Gasteiger partial charge in [-0.25, -0.2) is 9.59 Å². The first-order valence-electron chi connectivity index (χ1n) is 8.10. The van der Waals surface area contributed by atoms with Crippen molar-refractivity contribution in [3.63, 3.8) is 0 Å². The first-order valence-corrected chi connectivity index (χ1v) is 8.10. The predicted molar refractivity (Wildman–Crippen MR) is 97.3 cm³/mol. The largest absolute Gasteiger partial charge is 0.481 e. The molecule has 1 aromatic carbocycles. The number of carbonyl (C=O) groups is 2. The van der Waals surface area contributed by atoms with Crippen LogP contribution in [0.4, 0.5) is 0 Å². The van der Waals surface area contributed by atoms with Crippen molar-refractivity contribution >= 4 is 28.5 Å². The molecule has 1 aromatic heterocycles. The smallest absolute Gasteiger partial charge is 0.347 e. The molecule has 0 atom stereocenters. The predicted octanol–water partition coefficient (Wildman–Crippen LogP) is 3.95. The van der Waals surface area contributed by atoms with Gasteiger partial charge in [0.15, 0.2) is 0 Å². The summed E-state index contributed by atoms with van der Waals surface area (Å²) < 4.78 is 16.1. The lowest BCUT2D eigenvalue weighted by Gasteiger charge is -2.06. The van der Waals surface area contributed by atoms with Gasteiger partial charge in [0.2, 0.25) is 0 Å². The van der Waals surface area contributed by atoms with Crippen molar-refractivity contribution in [3.05, 3.63) is 46.2 Å². The minimum atomic E-state index is -0.641. The molecule has 0 aliphatic carbocycles. The van der Waals surface area contributed by atoms with Crippen LogP contribution in [-0.4, -0.2) is 18.5 Å². The summed E-state index contributed by atoms with van der Waals surface area (Å²) in [6.45, 7) is 7.29. The quantitative estimate of drug-likeness (QED) is 0.363. The van der Waals surface area contributed by atoms with Gasteiger partial charge in [0.25, 0.3) is 0 Å². The minimum Gasteiger partial charge on any atom is -0.481 e. The van der Waals surface area contributed by atoms with E-state index in [1.807, 2.05) is 13.0 Å². The van der Waals surface area contributed by atoms with Crippen LogP contribution in [0.3, 0.4) is 0 Å². The van der Waals surface area contributed by atoms with Crippen molar-refractivity contribution in [1.82, 2.24) is 0 Å². The molecule has 1 aliphatic rings. The number of esters is 2. The fourth-order valence-corrected chi connectivity index (χ4v) is 3.19. The molecule has 0 amide bonds. The van der Waals surface area contributed by atoms with Gasteiger partial charge in [-0.3, -0.25) is 0 Å². The van der Waals surface area contributed by atoms with Gasteiger partial charge in [-0.2, -0.15) is 0 Å². The number of cyclic esters (lactones) is 2. The van der Waals surface area contributed by atoms with Crippen LogP contribution >= 0.6 is 0 Å². The zero-order valence-corrected chi connectivity index (χ0v) is 15.1. The molecule has 0 N–H and O–H groups in total. The van der Waals surface area contributed by atoms with Gasteiger partial charge in [0.1, 0.15) is 23.7 Å². The van der Waals surface area contributed by atoms with Crippen LogP contribution in [0, 0.1) is 19.3 Å². The normalized spacial score (nSPS) is 15.9. The third-order valence-corrected chi connectivity index (χ3v) is 4.25. The number of rotatable bonds is 3. The van der Waals surface area contributed by atoms with E-state index in [0.717, 1.165) is 16.5 Å². The standard InChI is InChI=1S/C21H18O5/c1-6-9-24-14-7-8-16-15(10-14)18(13(5)25-16)12(4)19-17(11(2)3)20(22)26-21(19)23/h1,7-8,10H,9H2,2-5H3/b19-12+. The number of allylic oxidation sites excluding steroid dienone is 2. The lowest BCUT2D eigenvalue weighted by molar-refractivity contribution is -0.149. The molecule has 26 heavy (non-hydrogen) atoms. The van der Waals surface area contributed by atoms with E-state index < -0.39 is 11.9 Å². The van der Waals surface area contributed by atoms with Gasteiger partial charge in [0, 0.05) is 10.9 Å². The van der Waals surface area contributed by atoms with Crippen LogP contribution < -0.4 is 4.74 Å². The lowest BCUT2D eigenvalue weighted by Crippen LogP contribution is -2.00. The Hall–Kier alpha value is -3.26. The minimum absolute atomic E-state index is 0.153. The molecule has 0 unspecified atom stereocenters.